The molecule has 2 rings (SSSR count). The van der Waals surface area contributed by atoms with E-state index < -0.39 is 16.0 Å². The van der Waals surface area contributed by atoms with E-state index in [9.17, 15) is 13.2 Å². The van der Waals surface area contributed by atoms with E-state index >= 15 is 0 Å². The standard InChI is InChI=1S/C16H16BrNO4S/c1-2-18-23(20,21)15-8-6-13(7-9-15)16(19)22-11-12-4-3-5-14(17)10-12/h3-10,18H,2,11H2,1H3. The van der Waals surface area contributed by atoms with Gasteiger partial charge in [0.1, 0.15) is 6.61 Å². The molecule has 0 aromatic heterocycles. The van der Waals surface area contributed by atoms with Crippen LogP contribution in [-0.4, -0.2) is 20.9 Å². The number of carbonyl (C=O) groups excluding carboxylic acids is 1. The van der Waals surface area contributed by atoms with E-state index in [0.717, 1.165) is 10.0 Å². The first-order valence-electron chi connectivity index (χ1n) is 6.93. The lowest BCUT2D eigenvalue weighted by Crippen LogP contribution is -2.23. The molecule has 2 aromatic carbocycles. The van der Waals surface area contributed by atoms with Gasteiger partial charge in [0.15, 0.2) is 0 Å². The van der Waals surface area contributed by atoms with Crippen LogP contribution < -0.4 is 4.72 Å². The van der Waals surface area contributed by atoms with Crippen molar-refractivity contribution in [2.45, 2.75) is 18.4 Å². The molecule has 0 saturated heterocycles. The Bertz CT molecular complexity index is 788. The summed E-state index contributed by atoms with van der Waals surface area (Å²) in [6.07, 6.45) is 0. The Morgan fingerprint density at radius 1 is 1.17 bits per heavy atom. The Hall–Kier alpha value is -1.70. The fourth-order valence-electron chi connectivity index (χ4n) is 1.90. The Labute approximate surface area is 143 Å². The van der Waals surface area contributed by atoms with E-state index in [2.05, 4.69) is 20.7 Å². The summed E-state index contributed by atoms with van der Waals surface area (Å²) in [5.74, 6) is -0.502. The van der Waals surface area contributed by atoms with Gasteiger partial charge in [0.25, 0.3) is 0 Å². The Morgan fingerprint density at radius 2 is 1.87 bits per heavy atom. The second kappa shape index (κ2) is 7.72. The molecule has 5 nitrogen and oxygen atoms in total. The number of rotatable bonds is 6. The van der Waals surface area contributed by atoms with Crippen LogP contribution in [0.4, 0.5) is 0 Å². The zero-order valence-corrected chi connectivity index (χ0v) is 14.9. The minimum absolute atomic E-state index is 0.114. The van der Waals surface area contributed by atoms with E-state index in [-0.39, 0.29) is 11.5 Å². The molecule has 23 heavy (non-hydrogen) atoms. The van der Waals surface area contributed by atoms with E-state index in [1.807, 2.05) is 24.3 Å². The molecule has 0 fully saturated rings. The number of benzene rings is 2. The van der Waals surface area contributed by atoms with Crippen LogP contribution >= 0.6 is 15.9 Å². The van der Waals surface area contributed by atoms with Crippen LogP contribution in [0.15, 0.2) is 57.9 Å². The number of ether oxygens (including phenoxy) is 1. The first kappa shape index (κ1) is 17.7. The average Bonchev–Trinajstić information content (AvgIpc) is 2.53. The quantitative estimate of drug-likeness (QED) is 0.759. The van der Waals surface area contributed by atoms with Gasteiger partial charge < -0.3 is 4.74 Å². The monoisotopic (exact) mass is 397 g/mol. The zero-order chi connectivity index (χ0) is 16.9. The number of hydrogen-bond acceptors (Lipinski definition) is 4. The van der Waals surface area contributed by atoms with Gasteiger partial charge in [-0.05, 0) is 42.0 Å². The van der Waals surface area contributed by atoms with Crippen molar-refractivity contribution in [3.05, 3.63) is 64.1 Å². The molecule has 0 amide bonds. The molecular weight excluding hydrogens is 382 g/mol. The summed E-state index contributed by atoms with van der Waals surface area (Å²) >= 11 is 3.35. The first-order chi connectivity index (χ1) is 10.9. The zero-order valence-electron chi connectivity index (χ0n) is 12.5. The smallest absolute Gasteiger partial charge is 0.338 e. The largest absolute Gasteiger partial charge is 0.457 e. The summed E-state index contributed by atoms with van der Waals surface area (Å²) < 4.78 is 32.2. The van der Waals surface area contributed by atoms with Gasteiger partial charge in [-0.1, -0.05) is 35.0 Å². The van der Waals surface area contributed by atoms with Crippen LogP contribution in [0.5, 0.6) is 0 Å². The second-order valence-corrected chi connectivity index (χ2v) is 7.41. The summed E-state index contributed by atoms with van der Waals surface area (Å²) in [5, 5.41) is 0. The molecule has 0 unspecified atom stereocenters. The van der Waals surface area contributed by atoms with Crippen LogP contribution in [0.1, 0.15) is 22.8 Å². The van der Waals surface area contributed by atoms with Crippen LogP contribution in [0.3, 0.4) is 0 Å². The molecule has 0 atom stereocenters. The average molecular weight is 398 g/mol. The van der Waals surface area contributed by atoms with Gasteiger partial charge in [0.2, 0.25) is 10.0 Å². The fraction of sp³-hybridized carbons (Fsp3) is 0.188. The second-order valence-electron chi connectivity index (χ2n) is 4.73. The Kier molecular flexibility index (Phi) is 5.92. The van der Waals surface area contributed by atoms with Crippen LogP contribution in [0.2, 0.25) is 0 Å². The highest BCUT2D eigenvalue weighted by atomic mass is 79.9. The van der Waals surface area contributed by atoms with Crippen LogP contribution in [0.25, 0.3) is 0 Å². The van der Waals surface area contributed by atoms with Crippen molar-refractivity contribution in [2.75, 3.05) is 6.54 Å². The highest BCUT2D eigenvalue weighted by Crippen LogP contribution is 2.14. The number of halogens is 1. The summed E-state index contributed by atoms with van der Waals surface area (Å²) in [7, 11) is -3.52. The van der Waals surface area contributed by atoms with Crippen molar-refractivity contribution in [3.63, 3.8) is 0 Å². The summed E-state index contributed by atoms with van der Waals surface area (Å²) in [6.45, 7) is 2.15. The minimum atomic E-state index is -3.52. The summed E-state index contributed by atoms with van der Waals surface area (Å²) in [5.41, 5.74) is 1.16. The fourth-order valence-corrected chi connectivity index (χ4v) is 3.39. The van der Waals surface area contributed by atoms with E-state index in [1.165, 1.54) is 24.3 Å². The topological polar surface area (TPSA) is 72.5 Å². The lowest BCUT2D eigenvalue weighted by atomic mass is 10.2. The van der Waals surface area contributed by atoms with Gasteiger partial charge in [-0.25, -0.2) is 17.9 Å². The third-order valence-electron chi connectivity index (χ3n) is 2.99. The summed E-state index contributed by atoms with van der Waals surface area (Å²) in [6, 6.07) is 13.1. The molecule has 0 spiro atoms. The molecule has 0 aliphatic carbocycles. The molecule has 0 radical (unpaired) electrons. The molecule has 2 aromatic rings. The third-order valence-corrected chi connectivity index (χ3v) is 5.05. The maximum atomic E-state index is 12.0. The van der Waals surface area contributed by atoms with Crippen molar-refractivity contribution < 1.29 is 17.9 Å². The van der Waals surface area contributed by atoms with E-state index in [1.54, 1.807) is 6.92 Å². The van der Waals surface area contributed by atoms with Gasteiger partial charge in [-0.3, -0.25) is 0 Å². The van der Waals surface area contributed by atoms with Gasteiger partial charge in [0.05, 0.1) is 10.5 Å². The molecule has 0 heterocycles. The normalized spacial score (nSPS) is 11.2. The van der Waals surface area contributed by atoms with Crippen molar-refractivity contribution in [3.8, 4) is 0 Å². The highest BCUT2D eigenvalue weighted by molar-refractivity contribution is 9.10. The number of nitrogens with one attached hydrogen (secondary N) is 1. The van der Waals surface area contributed by atoms with E-state index in [4.69, 9.17) is 4.74 Å². The predicted octanol–water partition coefficient (Wildman–Crippen LogP) is 3.10. The first-order valence-corrected chi connectivity index (χ1v) is 9.21. The number of esters is 1. The van der Waals surface area contributed by atoms with Crippen molar-refractivity contribution in [2.24, 2.45) is 0 Å². The molecule has 0 aliphatic heterocycles. The summed E-state index contributed by atoms with van der Waals surface area (Å²) in [4.78, 5) is 12.1. The Balaban J connectivity index is 2.03. The molecule has 0 bridgehead atoms. The third kappa shape index (κ3) is 4.89. The van der Waals surface area contributed by atoms with Gasteiger partial charge in [-0.2, -0.15) is 0 Å². The van der Waals surface area contributed by atoms with Gasteiger partial charge in [0, 0.05) is 11.0 Å². The van der Waals surface area contributed by atoms with Gasteiger partial charge in [-0.15, -0.1) is 0 Å². The number of carbonyl (C=O) groups is 1. The van der Waals surface area contributed by atoms with Crippen LogP contribution in [-0.2, 0) is 21.4 Å². The predicted molar refractivity (Wildman–Crippen MR) is 90.6 cm³/mol. The SMILES string of the molecule is CCNS(=O)(=O)c1ccc(C(=O)OCc2cccc(Br)c2)cc1. The molecule has 0 saturated carbocycles. The maximum Gasteiger partial charge on any atom is 0.338 e. The lowest BCUT2D eigenvalue weighted by Gasteiger charge is -2.07. The molecule has 122 valence electrons. The van der Waals surface area contributed by atoms with Crippen LogP contribution in [0, 0.1) is 0 Å². The highest BCUT2D eigenvalue weighted by Gasteiger charge is 2.14. The lowest BCUT2D eigenvalue weighted by molar-refractivity contribution is 0.0472. The maximum absolute atomic E-state index is 12.0. The minimum Gasteiger partial charge on any atom is -0.457 e. The molecule has 0 aliphatic rings. The van der Waals surface area contributed by atoms with E-state index in [0.29, 0.717) is 12.1 Å². The molecule has 7 heteroatoms. The molecular formula is C16H16BrNO4S. The van der Waals surface area contributed by atoms with Gasteiger partial charge >= 0.3 is 5.97 Å². The van der Waals surface area contributed by atoms with Crippen molar-refractivity contribution in [1.82, 2.24) is 4.72 Å². The Morgan fingerprint density at radius 3 is 2.48 bits per heavy atom. The van der Waals surface area contributed by atoms with Crippen molar-refractivity contribution >= 4 is 31.9 Å². The molecule has 1 N–H and O–H groups in total. The number of sulfonamides is 1. The van der Waals surface area contributed by atoms with Crippen molar-refractivity contribution in [1.29, 1.82) is 0 Å². The number of hydrogen-bond donors (Lipinski definition) is 1.